The van der Waals surface area contributed by atoms with Gasteiger partial charge in [0.15, 0.2) is 5.82 Å². The van der Waals surface area contributed by atoms with Crippen LogP contribution in [0.3, 0.4) is 0 Å². The number of amides is 1. The first kappa shape index (κ1) is 18.1. The van der Waals surface area contributed by atoms with Crippen molar-refractivity contribution in [1.82, 2.24) is 14.9 Å². The monoisotopic (exact) mass is 365 g/mol. The molecule has 0 radical (unpaired) electrons. The molecule has 1 aromatic heterocycles. The number of aryl methyl sites for hydroxylation is 1. The van der Waals surface area contributed by atoms with E-state index in [2.05, 4.69) is 13.8 Å². The van der Waals surface area contributed by atoms with Crippen LogP contribution >= 0.6 is 0 Å². The van der Waals surface area contributed by atoms with Gasteiger partial charge in [0.25, 0.3) is 0 Å². The van der Waals surface area contributed by atoms with E-state index in [9.17, 15) is 4.79 Å². The number of nitrogens with zero attached hydrogens (tertiary/aromatic N) is 3. The van der Waals surface area contributed by atoms with E-state index in [1.807, 2.05) is 42.2 Å². The summed E-state index contributed by atoms with van der Waals surface area (Å²) >= 11 is 0. The predicted molar refractivity (Wildman–Crippen MR) is 104 cm³/mol. The molecule has 2 aliphatic rings. The third-order valence-corrected chi connectivity index (χ3v) is 5.66. The Hall–Kier alpha value is -2.27. The summed E-state index contributed by atoms with van der Waals surface area (Å²) in [5, 5.41) is 0. The van der Waals surface area contributed by atoms with E-state index < -0.39 is 0 Å². The molecule has 3 heterocycles. The molecule has 0 aliphatic carbocycles. The smallest absolute Gasteiger partial charge is 0.222 e. The fourth-order valence-corrected chi connectivity index (χ4v) is 4.22. The molecule has 1 amide bonds. The zero-order chi connectivity index (χ0) is 19.0. The van der Waals surface area contributed by atoms with E-state index in [0.717, 1.165) is 41.3 Å². The zero-order valence-corrected chi connectivity index (χ0v) is 16.4. The van der Waals surface area contributed by atoms with Crippen LogP contribution in [-0.4, -0.2) is 40.5 Å². The number of carbonyl (C=O) groups excluding carboxylic acids is 1. The topological polar surface area (TPSA) is 55.3 Å². The maximum Gasteiger partial charge on any atom is 0.222 e. The molecule has 27 heavy (non-hydrogen) atoms. The van der Waals surface area contributed by atoms with Gasteiger partial charge in [-0.05, 0) is 19.3 Å². The zero-order valence-electron chi connectivity index (χ0n) is 16.4. The van der Waals surface area contributed by atoms with Crippen LogP contribution in [0.25, 0.3) is 11.4 Å². The highest BCUT2D eigenvalue weighted by molar-refractivity contribution is 5.77. The van der Waals surface area contributed by atoms with Crippen LogP contribution in [0.15, 0.2) is 30.3 Å². The standard InChI is InChI=1S/C22H27N3O2/c1-15(2)11-19(26)25-10-9-22(13-25)14-27-12-18-16(3)23-21(24-20(18)22)17-7-5-4-6-8-17/h4-8,15H,9-14H2,1-3H3/t22-/m1/s1. The molecule has 0 saturated carbocycles. The molecule has 1 atom stereocenters. The Labute approximate surface area is 160 Å². The third kappa shape index (κ3) is 3.36. The molecule has 0 bridgehead atoms. The number of hydrogen-bond donors (Lipinski definition) is 0. The maximum absolute atomic E-state index is 12.6. The highest BCUT2D eigenvalue weighted by Crippen LogP contribution is 2.40. The number of fused-ring (bicyclic) bond motifs is 2. The fourth-order valence-electron chi connectivity index (χ4n) is 4.22. The van der Waals surface area contributed by atoms with Gasteiger partial charge in [0.2, 0.25) is 5.91 Å². The third-order valence-electron chi connectivity index (χ3n) is 5.66. The Morgan fingerprint density at radius 2 is 2.04 bits per heavy atom. The van der Waals surface area contributed by atoms with Crippen LogP contribution in [0.2, 0.25) is 0 Å². The van der Waals surface area contributed by atoms with Gasteiger partial charge in [-0.15, -0.1) is 0 Å². The van der Waals surface area contributed by atoms with Gasteiger partial charge in [0.05, 0.1) is 24.3 Å². The predicted octanol–water partition coefficient (Wildman–Crippen LogP) is 3.50. The molecular weight excluding hydrogens is 338 g/mol. The summed E-state index contributed by atoms with van der Waals surface area (Å²) in [6, 6.07) is 10.1. The summed E-state index contributed by atoms with van der Waals surface area (Å²) in [6.45, 7) is 8.85. The minimum Gasteiger partial charge on any atom is -0.376 e. The van der Waals surface area contributed by atoms with Gasteiger partial charge in [-0.1, -0.05) is 44.2 Å². The summed E-state index contributed by atoms with van der Waals surface area (Å²) in [5.41, 5.74) is 3.97. The lowest BCUT2D eigenvalue weighted by Gasteiger charge is -2.35. The van der Waals surface area contributed by atoms with Gasteiger partial charge in [-0.3, -0.25) is 4.79 Å². The normalized spacial score (nSPS) is 21.7. The van der Waals surface area contributed by atoms with Gasteiger partial charge in [-0.25, -0.2) is 9.97 Å². The van der Waals surface area contributed by atoms with Gasteiger partial charge in [0, 0.05) is 36.3 Å². The quantitative estimate of drug-likeness (QED) is 0.835. The van der Waals surface area contributed by atoms with Crippen molar-refractivity contribution in [3.05, 3.63) is 47.3 Å². The lowest BCUT2D eigenvalue weighted by Crippen LogP contribution is -2.42. The minimum absolute atomic E-state index is 0.211. The largest absolute Gasteiger partial charge is 0.376 e. The Balaban J connectivity index is 1.71. The molecule has 0 N–H and O–H groups in total. The van der Waals surface area contributed by atoms with Crippen molar-refractivity contribution in [2.45, 2.75) is 45.6 Å². The number of rotatable bonds is 3. The maximum atomic E-state index is 12.6. The van der Waals surface area contributed by atoms with Crippen LogP contribution in [0.5, 0.6) is 0 Å². The van der Waals surface area contributed by atoms with Crippen LogP contribution in [0.4, 0.5) is 0 Å². The summed E-state index contributed by atoms with van der Waals surface area (Å²) in [4.78, 5) is 24.3. The van der Waals surface area contributed by atoms with Gasteiger partial charge in [-0.2, -0.15) is 0 Å². The second-order valence-electron chi connectivity index (χ2n) is 8.26. The van der Waals surface area contributed by atoms with Crippen molar-refractivity contribution < 1.29 is 9.53 Å². The molecule has 0 unspecified atom stereocenters. The van der Waals surface area contributed by atoms with E-state index >= 15 is 0 Å². The molecule has 5 nitrogen and oxygen atoms in total. The molecule has 142 valence electrons. The number of ether oxygens (including phenoxy) is 1. The number of likely N-dealkylation sites (tertiary alicyclic amines) is 1. The molecular formula is C22H27N3O2. The van der Waals surface area contributed by atoms with Crippen molar-refractivity contribution in [3.8, 4) is 11.4 Å². The van der Waals surface area contributed by atoms with E-state index in [-0.39, 0.29) is 11.3 Å². The van der Waals surface area contributed by atoms with E-state index in [0.29, 0.717) is 32.1 Å². The Morgan fingerprint density at radius 3 is 2.78 bits per heavy atom. The number of aromatic nitrogens is 2. The Morgan fingerprint density at radius 1 is 1.26 bits per heavy atom. The first-order chi connectivity index (χ1) is 13.0. The molecule has 2 aromatic rings. The second-order valence-corrected chi connectivity index (χ2v) is 8.26. The highest BCUT2D eigenvalue weighted by atomic mass is 16.5. The van der Waals surface area contributed by atoms with Gasteiger partial charge < -0.3 is 9.64 Å². The lowest BCUT2D eigenvalue weighted by atomic mass is 9.80. The van der Waals surface area contributed by atoms with Crippen LogP contribution < -0.4 is 0 Å². The molecule has 1 fully saturated rings. The summed E-state index contributed by atoms with van der Waals surface area (Å²) in [5.74, 6) is 1.38. The first-order valence-electron chi connectivity index (χ1n) is 9.77. The Bertz CT molecular complexity index is 850. The summed E-state index contributed by atoms with van der Waals surface area (Å²) in [7, 11) is 0. The van der Waals surface area contributed by atoms with Crippen LogP contribution in [0.1, 0.15) is 43.6 Å². The number of hydrogen-bond acceptors (Lipinski definition) is 4. The summed E-state index contributed by atoms with van der Waals surface area (Å²) in [6.07, 6.45) is 1.50. The molecule has 2 aliphatic heterocycles. The first-order valence-corrected chi connectivity index (χ1v) is 9.77. The fraction of sp³-hybridized carbons (Fsp3) is 0.500. The molecule has 1 spiro atoms. The Kier molecular flexibility index (Phi) is 4.72. The van der Waals surface area contributed by atoms with Crippen molar-refractivity contribution in [2.75, 3.05) is 19.7 Å². The molecule has 1 aromatic carbocycles. The average Bonchev–Trinajstić information content (AvgIpc) is 3.08. The lowest BCUT2D eigenvalue weighted by molar-refractivity contribution is -0.131. The van der Waals surface area contributed by atoms with Crippen molar-refractivity contribution in [3.63, 3.8) is 0 Å². The number of carbonyl (C=O) groups is 1. The van der Waals surface area contributed by atoms with E-state index in [1.54, 1.807) is 0 Å². The molecule has 4 rings (SSSR count). The second kappa shape index (κ2) is 7.04. The highest BCUT2D eigenvalue weighted by Gasteiger charge is 2.46. The van der Waals surface area contributed by atoms with E-state index in [1.165, 1.54) is 0 Å². The van der Waals surface area contributed by atoms with Crippen LogP contribution in [0, 0.1) is 12.8 Å². The van der Waals surface area contributed by atoms with E-state index in [4.69, 9.17) is 14.7 Å². The van der Waals surface area contributed by atoms with Gasteiger partial charge >= 0.3 is 0 Å². The van der Waals surface area contributed by atoms with Crippen molar-refractivity contribution in [2.24, 2.45) is 5.92 Å². The van der Waals surface area contributed by atoms with Crippen molar-refractivity contribution >= 4 is 5.91 Å². The molecule has 1 saturated heterocycles. The molecule has 5 heteroatoms. The van der Waals surface area contributed by atoms with Crippen LogP contribution in [-0.2, 0) is 21.6 Å². The van der Waals surface area contributed by atoms with Crippen molar-refractivity contribution in [1.29, 1.82) is 0 Å². The number of benzene rings is 1. The van der Waals surface area contributed by atoms with Gasteiger partial charge in [0.1, 0.15) is 0 Å². The summed E-state index contributed by atoms with van der Waals surface area (Å²) < 4.78 is 5.95. The average molecular weight is 365 g/mol. The SMILES string of the molecule is Cc1nc(-c2ccccc2)nc2c1COC[C@]21CCN(C(=O)CC(C)C)C1. The minimum atomic E-state index is -0.211.